The van der Waals surface area contributed by atoms with Crippen LogP contribution in [0, 0.1) is 17.8 Å². The van der Waals surface area contributed by atoms with Crippen molar-refractivity contribution in [1.82, 2.24) is 5.32 Å². The summed E-state index contributed by atoms with van der Waals surface area (Å²) in [5, 5.41) is 14.3. The fraction of sp³-hybridized carbons (Fsp3) is 0.861. The van der Waals surface area contributed by atoms with Crippen molar-refractivity contribution in [2.45, 2.75) is 156 Å². The summed E-state index contributed by atoms with van der Waals surface area (Å²) in [7, 11) is -3.52. The highest BCUT2D eigenvalue weighted by Crippen LogP contribution is 2.20. The van der Waals surface area contributed by atoms with E-state index in [0.717, 1.165) is 44.2 Å². The summed E-state index contributed by atoms with van der Waals surface area (Å²) in [6.07, 6.45) is 19.2. The second-order valence-corrected chi connectivity index (χ2v) is 16.2. The molecule has 280 valence electrons. The summed E-state index contributed by atoms with van der Waals surface area (Å²) in [6.45, 7) is 6.75. The van der Waals surface area contributed by atoms with Gasteiger partial charge in [0.2, 0.25) is 11.8 Å². The molecule has 0 fully saturated rings. The quantitative estimate of drug-likeness (QED) is 0.0685. The minimum absolute atomic E-state index is 0. The number of nitrogens with two attached hydrogens (primary N) is 1. The van der Waals surface area contributed by atoms with E-state index in [1.165, 1.54) is 57.8 Å². The molecule has 11 nitrogen and oxygen atoms in total. The van der Waals surface area contributed by atoms with E-state index in [1.54, 1.807) is 0 Å². The van der Waals surface area contributed by atoms with E-state index in [-0.39, 0.29) is 57.2 Å². The number of ketones is 2. The van der Waals surface area contributed by atoms with Gasteiger partial charge in [-0.25, -0.2) is 8.42 Å². The van der Waals surface area contributed by atoms with E-state index in [0.29, 0.717) is 32.4 Å². The maximum Gasteiger partial charge on any atom is 0.221 e. The van der Waals surface area contributed by atoms with Crippen LogP contribution in [-0.4, -0.2) is 62.1 Å². The molecule has 1 aliphatic rings. The van der Waals surface area contributed by atoms with Crippen molar-refractivity contribution >= 4 is 38.9 Å². The maximum absolute atomic E-state index is 12.4. The first-order chi connectivity index (χ1) is 22.9. The highest BCUT2D eigenvalue weighted by molar-refractivity contribution is 7.92. The van der Waals surface area contributed by atoms with Crippen LogP contribution in [0.1, 0.15) is 158 Å². The fourth-order valence-corrected chi connectivity index (χ4v) is 7.31. The topological polar surface area (TPSA) is 178 Å². The third-order valence-corrected chi connectivity index (χ3v) is 10.9. The minimum atomic E-state index is -3.52. The summed E-state index contributed by atoms with van der Waals surface area (Å²) in [4.78, 5) is 48.3. The van der Waals surface area contributed by atoms with Gasteiger partial charge in [0.05, 0.1) is 11.5 Å². The van der Waals surface area contributed by atoms with Crippen LogP contribution in [0.15, 0.2) is 15.4 Å². The highest BCUT2D eigenvalue weighted by Gasteiger charge is 2.25. The predicted molar refractivity (Wildman–Crippen MR) is 197 cm³/mol. The van der Waals surface area contributed by atoms with Crippen molar-refractivity contribution in [1.29, 1.82) is 0 Å². The van der Waals surface area contributed by atoms with Gasteiger partial charge in [-0.3, -0.25) is 19.2 Å². The van der Waals surface area contributed by atoms with Crippen LogP contribution in [0.2, 0.25) is 0 Å². The second kappa shape index (κ2) is 26.4. The molecule has 48 heavy (non-hydrogen) atoms. The smallest absolute Gasteiger partial charge is 0.221 e. The second-order valence-electron chi connectivity index (χ2n) is 14.1. The van der Waals surface area contributed by atoms with Gasteiger partial charge in [0.15, 0.2) is 9.84 Å². The lowest BCUT2D eigenvalue weighted by atomic mass is 9.86. The number of rotatable bonds is 32. The van der Waals surface area contributed by atoms with Gasteiger partial charge in [0.1, 0.15) is 23.9 Å². The van der Waals surface area contributed by atoms with Crippen molar-refractivity contribution in [2.24, 2.45) is 38.9 Å². The Balaban J connectivity index is 0. The Morgan fingerprint density at radius 2 is 1.38 bits per heavy atom. The molecule has 0 bridgehead atoms. The average Bonchev–Trinajstić information content (AvgIpc) is 3.54. The number of primary amides is 1. The Morgan fingerprint density at radius 1 is 0.792 bits per heavy atom. The van der Waals surface area contributed by atoms with Gasteiger partial charge in [-0.1, -0.05) is 97.8 Å². The van der Waals surface area contributed by atoms with Crippen LogP contribution in [0.4, 0.5) is 0 Å². The van der Waals surface area contributed by atoms with Gasteiger partial charge in [-0.05, 0) is 49.7 Å². The summed E-state index contributed by atoms with van der Waals surface area (Å²) >= 11 is 0. The molecule has 0 saturated carbocycles. The van der Waals surface area contributed by atoms with E-state index in [1.807, 2.05) is 20.8 Å². The predicted octanol–water partition coefficient (Wildman–Crippen LogP) is 7.56. The largest absolute Gasteiger partial charge is 0.369 e. The third-order valence-electron chi connectivity index (χ3n) is 9.19. The average molecular weight is 700 g/mol. The monoisotopic (exact) mass is 699 g/mol. The van der Waals surface area contributed by atoms with Gasteiger partial charge in [-0.2, -0.15) is 5.11 Å². The van der Waals surface area contributed by atoms with Crippen LogP contribution in [0.3, 0.4) is 0 Å². The number of amides is 2. The number of carbonyl (C=O) groups is 4. The van der Waals surface area contributed by atoms with Crippen molar-refractivity contribution in [2.75, 3.05) is 24.6 Å². The van der Waals surface area contributed by atoms with E-state index in [2.05, 4.69) is 20.8 Å². The summed E-state index contributed by atoms with van der Waals surface area (Å²) in [6, 6.07) is 0. The molecular weight excluding hydrogens is 630 g/mol. The molecule has 3 N–H and O–H groups in total. The molecule has 0 unspecified atom stereocenters. The Hall–Kier alpha value is -2.50. The van der Waals surface area contributed by atoms with E-state index in [4.69, 9.17) is 5.73 Å². The number of nitrogens with one attached hydrogen (secondary N) is 1. The highest BCUT2D eigenvalue weighted by atomic mass is 32.2. The Kier molecular flexibility index (Phi) is 23.9. The molecular formula is C36H69N5O6S. The Morgan fingerprint density at radius 3 is 1.92 bits per heavy atom. The summed E-state index contributed by atoms with van der Waals surface area (Å²) in [5.74, 6) is -2.08. The molecule has 0 aromatic rings. The number of unbranched alkanes of at least 4 members (excludes halogenated alkanes) is 13. The van der Waals surface area contributed by atoms with Crippen molar-refractivity contribution in [3.63, 3.8) is 0 Å². The Bertz CT molecular complexity index is 1130. The number of carbonyl (C=O) groups excluding carboxylic acids is 4. The molecule has 0 aliphatic carbocycles. The van der Waals surface area contributed by atoms with Gasteiger partial charge >= 0.3 is 0 Å². The van der Waals surface area contributed by atoms with Gasteiger partial charge in [0.25, 0.3) is 0 Å². The lowest BCUT2D eigenvalue weighted by molar-refractivity contribution is -0.130. The first kappa shape index (κ1) is 43.5. The molecule has 1 heterocycles. The normalized spacial score (nSPS) is 14.2. The zero-order valence-corrected chi connectivity index (χ0v) is 31.0. The first-order valence-electron chi connectivity index (χ1n) is 18.6. The summed E-state index contributed by atoms with van der Waals surface area (Å²) < 4.78 is 24.7. The number of hydrogen-bond donors (Lipinski definition) is 2. The van der Waals surface area contributed by atoms with Crippen LogP contribution in [-0.2, 0) is 29.0 Å². The van der Waals surface area contributed by atoms with Crippen molar-refractivity contribution in [3.8, 4) is 0 Å². The minimum Gasteiger partial charge on any atom is -0.369 e. The maximum atomic E-state index is 12.4. The van der Waals surface area contributed by atoms with Crippen LogP contribution < -0.4 is 11.1 Å². The Labute approximate surface area is 293 Å². The standard InChI is InChI=1S/C36H65N5O6S.2H2/c1-29(2)33(36(37)45)26-34(43)30(3)20-17-18-24-38-35(44)23-19-25-48(46,47)28-32(42)22-16-14-12-10-8-6-4-5-7-9-11-13-15-21-31-27-39-41-40-31;;/h29-30,33H,4-28H2,1-3H3,(H2,37,45)(H,38,44);2*1H/t30-,33-;;/m0../s1. The van der Waals surface area contributed by atoms with E-state index in [9.17, 15) is 27.6 Å². The molecule has 0 saturated heterocycles. The van der Waals surface area contributed by atoms with Gasteiger partial charge < -0.3 is 11.1 Å². The SMILES string of the molecule is CC(C)[C@H](CC(=O)[C@@H](C)CCCCNC(=O)CCCS(=O)(=O)CC(=O)CCCCCCCCCCCCCCCC1=NN=NC1)C(N)=O.[HH].[HH]. The number of nitrogens with zero attached hydrogens (tertiary/aromatic N) is 3. The molecule has 1 rings (SSSR count). The van der Waals surface area contributed by atoms with Gasteiger partial charge in [0, 0.05) is 40.5 Å². The number of Topliss-reactive ketones (excluding diaryl/α,β-unsaturated/α-hetero) is 2. The molecule has 0 aromatic heterocycles. The molecule has 2 amide bonds. The molecule has 0 aromatic carbocycles. The lowest BCUT2D eigenvalue weighted by Gasteiger charge is -2.18. The molecule has 12 heteroatoms. The zero-order chi connectivity index (χ0) is 35.6. The molecule has 0 spiro atoms. The molecule has 1 aliphatic heterocycles. The molecule has 2 atom stereocenters. The number of hydrogen-bond acceptors (Lipinski definition) is 9. The van der Waals surface area contributed by atoms with Gasteiger partial charge in [-0.15, -0.1) is 5.10 Å². The third kappa shape index (κ3) is 23.0. The van der Waals surface area contributed by atoms with Crippen LogP contribution in [0.5, 0.6) is 0 Å². The van der Waals surface area contributed by atoms with Crippen molar-refractivity contribution in [3.05, 3.63) is 0 Å². The first-order valence-corrected chi connectivity index (χ1v) is 20.5. The zero-order valence-electron chi connectivity index (χ0n) is 30.2. The lowest BCUT2D eigenvalue weighted by Crippen LogP contribution is -2.31. The van der Waals surface area contributed by atoms with E-state index >= 15 is 0 Å². The van der Waals surface area contributed by atoms with E-state index < -0.39 is 27.4 Å². The summed E-state index contributed by atoms with van der Waals surface area (Å²) in [5.41, 5.74) is 6.53. The van der Waals surface area contributed by atoms with Crippen LogP contribution in [0.25, 0.3) is 0 Å². The number of sulfone groups is 1. The molecule has 0 radical (unpaired) electrons. The van der Waals surface area contributed by atoms with Crippen molar-refractivity contribution < 1.29 is 30.4 Å². The fourth-order valence-electron chi connectivity index (χ4n) is 5.94. The van der Waals surface area contributed by atoms with Crippen LogP contribution >= 0.6 is 0 Å².